The van der Waals surface area contributed by atoms with E-state index in [9.17, 15) is 4.79 Å². The summed E-state index contributed by atoms with van der Waals surface area (Å²) in [6, 6.07) is 0. The summed E-state index contributed by atoms with van der Waals surface area (Å²) in [6.45, 7) is 8.58. The van der Waals surface area contributed by atoms with Crippen molar-refractivity contribution in [1.29, 1.82) is 0 Å². The van der Waals surface area contributed by atoms with E-state index in [2.05, 4.69) is 20.8 Å². The topological polar surface area (TPSA) is 29.5 Å². The Kier molecular flexibility index (Phi) is 4.92. The number of likely N-dealkylation sites (tertiary alicyclic amines) is 1. The van der Waals surface area contributed by atoms with Gasteiger partial charge in [0.2, 0.25) is 0 Å². The highest BCUT2D eigenvalue weighted by Crippen LogP contribution is 2.19. The predicted molar refractivity (Wildman–Crippen MR) is 60.8 cm³/mol. The lowest BCUT2D eigenvalue weighted by atomic mass is 9.96. The largest absolute Gasteiger partial charge is 0.449 e. The first kappa shape index (κ1) is 12.3. The van der Waals surface area contributed by atoms with Gasteiger partial charge < -0.3 is 9.64 Å². The van der Waals surface area contributed by atoms with Crippen molar-refractivity contribution in [3.8, 4) is 0 Å². The molecule has 0 aliphatic carbocycles. The van der Waals surface area contributed by atoms with E-state index in [0.717, 1.165) is 25.9 Å². The molecule has 1 aliphatic rings. The van der Waals surface area contributed by atoms with Gasteiger partial charge in [0, 0.05) is 13.1 Å². The summed E-state index contributed by atoms with van der Waals surface area (Å²) < 4.78 is 5.22. The van der Waals surface area contributed by atoms with Crippen LogP contribution in [0.25, 0.3) is 0 Å². The van der Waals surface area contributed by atoms with Crippen molar-refractivity contribution in [3.05, 3.63) is 0 Å². The van der Waals surface area contributed by atoms with Crippen molar-refractivity contribution >= 4 is 6.09 Å². The van der Waals surface area contributed by atoms with Gasteiger partial charge in [0.05, 0.1) is 6.61 Å². The fourth-order valence-corrected chi connectivity index (χ4v) is 1.89. The first-order chi connectivity index (χ1) is 7.13. The number of hydrogen-bond acceptors (Lipinski definition) is 2. The highest BCUT2D eigenvalue weighted by molar-refractivity contribution is 5.67. The van der Waals surface area contributed by atoms with Gasteiger partial charge in [-0.15, -0.1) is 0 Å². The van der Waals surface area contributed by atoms with Crippen LogP contribution >= 0.6 is 0 Å². The Bertz CT molecular complexity index is 204. The van der Waals surface area contributed by atoms with Crippen LogP contribution in [-0.4, -0.2) is 30.7 Å². The summed E-state index contributed by atoms with van der Waals surface area (Å²) in [7, 11) is 0. The first-order valence-electron chi connectivity index (χ1n) is 6.05. The second-order valence-corrected chi connectivity index (χ2v) is 4.83. The van der Waals surface area contributed by atoms with E-state index >= 15 is 0 Å². The van der Waals surface area contributed by atoms with Crippen LogP contribution < -0.4 is 0 Å². The first-order valence-corrected chi connectivity index (χ1v) is 6.05. The van der Waals surface area contributed by atoms with E-state index in [0.29, 0.717) is 18.4 Å². The molecule has 0 aromatic carbocycles. The van der Waals surface area contributed by atoms with Gasteiger partial charge in [-0.1, -0.05) is 27.2 Å². The molecule has 1 heterocycles. The standard InChI is InChI=1S/C12H23NO2/c1-4-11-6-5-7-13(8-11)12(14)15-9-10(2)3/h10-11H,4-9H2,1-3H3. The van der Waals surface area contributed by atoms with E-state index in [4.69, 9.17) is 4.74 Å². The third kappa shape index (κ3) is 4.10. The molecule has 0 aromatic heterocycles. The van der Waals surface area contributed by atoms with Crippen LogP contribution in [0.1, 0.15) is 40.0 Å². The van der Waals surface area contributed by atoms with Crippen LogP contribution in [0.2, 0.25) is 0 Å². The molecule has 1 fully saturated rings. The third-order valence-corrected chi connectivity index (χ3v) is 2.89. The lowest BCUT2D eigenvalue weighted by Gasteiger charge is -2.31. The predicted octanol–water partition coefficient (Wildman–Crippen LogP) is 2.90. The minimum absolute atomic E-state index is 0.123. The maximum absolute atomic E-state index is 11.7. The molecule has 1 unspecified atom stereocenters. The highest BCUT2D eigenvalue weighted by Gasteiger charge is 2.23. The Labute approximate surface area is 92.8 Å². The van der Waals surface area contributed by atoms with E-state index in [1.807, 2.05) is 4.90 Å². The van der Waals surface area contributed by atoms with Crippen molar-refractivity contribution in [2.75, 3.05) is 19.7 Å². The molecule has 0 saturated carbocycles. The zero-order valence-corrected chi connectivity index (χ0v) is 10.2. The Morgan fingerprint density at radius 3 is 2.87 bits per heavy atom. The van der Waals surface area contributed by atoms with Gasteiger partial charge in [0.15, 0.2) is 0 Å². The van der Waals surface area contributed by atoms with Gasteiger partial charge in [-0.25, -0.2) is 4.79 Å². The zero-order valence-electron chi connectivity index (χ0n) is 10.2. The average molecular weight is 213 g/mol. The minimum atomic E-state index is -0.123. The monoisotopic (exact) mass is 213 g/mol. The van der Waals surface area contributed by atoms with Crippen LogP contribution in [-0.2, 0) is 4.74 Å². The van der Waals surface area contributed by atoms with Gasteiger partial charge in [0.25, 0.3) is 0 Å². The molecule has 1 atom stereocenters. The smallest absolute Gasteiger partial charge is 0.409 e. The second-order valence-electron chi connectivity index (χ2n) is 4.83. The summed E-state index contributed by atoms with van der Waals surface area (Å²) in [5.74, 6) is 1.09. The molecule has 0 spiro atoms. The average Bonchev–Trinajstić information content (AvgIpc) is 2.26. The Hall–Kier alpha value is -0.730. The van der Waals surface area contributed by atoms with Crippen molar-refractivity contribution < 1.29 is 9.53 Å². The fourth-order valence-electron chi connectivity index (χ4n) is 1.89. The van der Waals surface area contributed by atoms with Crippen molar-refractivity contribution in [3.63, 3.8) is 0 Å². The molecule has 88 valence electrons. The summed E-state index contributed by atoms with van der Waals surface area (Å²) in [6.07, 6.45) is 3.41. The number of rotatable bonds is 3. The van der Waals surface area contributed by atoms with Crippen LogP contribution in [0, 0.1) is 11.8 Å². The Morgan fingerprint density at radius 2 is 2.27 bits per heavy atom. The quantitative estimate of drug-likeness (QED) is 0.721. The van der Waals surface area contributed by atoms with Gasteiger partial charge in [-0.3, -0.25) is 0 Å². The molecule has 1 aliphatic heterocycles. The summed E-state index contributed by atoms with van der Waals surface area (Å²) in [5, 5.41) is 0. The molecule has 3 nitrogen and oxygen atoms in total. The molecule has 0 radical (unpaired) electrons. The number of piperidine rings is 1. The summed E-state index contributed by atoms with van der Waals surface area (Å²) in [4.78, 5) is 13.5. The minimum Gasteiger partial charge on any atom is -0.449 e. The Balaban J connectivity index is 2.32. The molecule has 0 N–H and O–H groups in total. The second kappa shape index (κ2) is 5.99. The number of hydrogen-bond donors (Lipinski definition) is 0. The van der Waals surface area contributed by atoms with E-state index in [1.54, 1.807) is 0 Å². The molecule has 0 bridgehead atoms. The Morgan fingerprint density at radius 1 is 1.53 bits per heavy atom. The zero-order chi connectivity index (χ0) is 11.3. The normalized spacial score (nSPS) is 21.9. The maximum Gasteiger partial charge on any atom is 0.409 e. The van der Waals surface area contributed by atoms with Crippen molar-refractivity contribution in [2.24, 2.45) is 11.8 Å². The fraction of sp³-hybridized carbons (Fsp3) is 0.917. The maximum atomic E-state index is 11.7. The summed E-state index contributed by atoms with van der Waals surface area (Å²) in [5.41, 5.74) is 0. The van der Waals surface area contributed by atoms with Gasteiger partial charge in [-0.05, 0) is 24.7 Å². The molecule has 1 rings (SSSR count). The van der Waals surface area contributed by atoms with Crippen molar-refractivity contribution in [2.45, 2.75) is 40.0 Å². The van der Waals surface area contributed by atoms with Gasteiger partial charge in [-0.2, -0.15) is 0 Å². The number of ether oxygens (including phenoxy) is 1. The molecular formula is C12H23NO2. The number of nitrogens with zero attached hydrogens (tertiary/aromatic N) is 1. The van der Waals surface area contributed by atoms with Crippen molar-refractivity contribution in [1.82, 2.24) is 4.90 Å². The van der Waals surface area contributed by atoms with Crippen LogP contribution in [0.5, 0.6) is 0 Å². The van der Waals surface area contributed by atoms with E-state index in [-0.39, 0.29) is 6.09 Å². The number of carbonyl (C=O) groups excluding carboxylic acids is 1. The van der Waals surface area contributed by atoms with Crippen LogP contribution in [0.4, 0.5) is 4.79 Å². The third-order valence-electron chi connectivity index (χ3n) is 2.89. The number of carbonyl (C=O) groups is 1. The molecule has 0 aromatic rings. The highest BCUT2D eigenvalue weighted by atomic mass is 16.6. The SMILES string of the molecule is CCC1CCCN(C(=O)OCC(C)C)C1. The molecular weight excluding hydrogens is 190 g/mol. The molecule has 1 saturated heterocycles. The van der Waals surface area contributed by atoms with E-state index in [1.165, 1.54) is 6.42 Å². The summed E-state index contributed by atoms with van der Waals surface area (Å²) >= 11 is 0. The molecule has 1 amide bonds. The van der Waals surface area contributed by atoms with E-state index < -0.39 is 0 Å². The van der Waals surface area contributed by atoms with Gasteiger partial charge in [0.1, 0.15) is 0 Å². The molecule has 15 heavy (non-hydrogen) atoms. The lowest BCUT2D eigenvalue weighted by molar-refractivity contribution is 0.0755. The van der Waals surface area contributed by atoms with Crippen LogP contribution in [0.15, 0.2) is 0 Å². The number of amides is 1. The van der Waals surface area contributed by atoms with Crippen LogP contribution in [0.3, 0.4) is 0 Å². The lowest BCUT2D eigenvalue weighted by Crippen LogP contribution is -2.40. The molecule has 3 heteroatoms. The van der Waals surface area contributed by atoms with Gasteiger partial charge >= 0.3 is 6.09 Å².